The first-order valence-electron chi connectivity index (χ1n) is 5.67. The largest absolute Gasteiger partial charge is 0.330 e. The second-order valence-electron chi connectivity index (χ2n) is 3.89. The maximum Gasteiger partial charge on any atom is 0.0434 e. The molecule has 0 atom stereocenters. The number of hydrogen-bond acceptors (Lipinski definition) is 2. The molecule has 0 aliphatic heterocycles. The highest BCUT2D eigenvalue weighted by Gasteiger charge is 2.07. The molecule has 0 bridgehead atoms. The predicted octanol–water partition coefficient (Wildman–Crippen LogP) is 3.16. The minimum Gasteiger partial charge on any atom is -0.330 e. The molecule has 2 N–H and O–H groups in total. The van der Waals surface area contributed by atoms with E-state index in [0.29, 0.717) is 18.1 Å². The minimum absolute atomic E-state index is 0.652. The van der Waals surface area contributed by atoms with E-state index >= 15 is 0 Å². The molecular formula is C13H18Cl2N2. The molecule has 0 amide bonds. The first-order chi connectivity index (χ1) is 8.26. The first-order valence-corrected chi connectivity index (χ1v) is 6.48. The Morgan fingerprint density at radius 1 is 1.29 bits per heavy atom. The van der Waals surface area contributed by atoms with Crippen molar-refractivity contribution in [3.63, 3.8) is 0 Å². The molecular weight excluding hydrogens is 255 g/mol. The molecule has 2 nitrogen and oxygen atoms in total. The van der Waals surface area contributed by atoms with Gasteiger partial charge in [0.15, 0.2) is 0 Å². The highest BCUT2D eigenvalue weighted by Crippen LogP contribution is 2.11. The van der Waals surface area contributed by atoms with Crippen LogP contribution in [0.15, 0.2) is 40.9 Å². The molecule has 17 heavy (non-hydrogen) atoms. The van der Waals surface area contributed by atoms with Crippen LogP contribution >= 0.6 is 23.2 Å². The van der Waals surface area contributed by atoms with E-state index < -0.39 is 0 Å². The van der Waals surface area contributed by atoms with Crippen LogP contribution in [0.5, 0.6) is 0 Å². The third kappa shape index (κ3) is 6.08. The van der Waals surface area contributed by atoms with Crippen LogP contribution in [0.1, 0.15) is 12.0 Å². The maximum absolute atomic E-state index is 5.96. The molecule has 0 radical (unpaired) electrons. The van der Waals surface area contributed by atoms with Gasteiger partial charge < -0.3 is 5.73 Å². The van der Waals surface area contributed by atoms with E-state index in [-0.39, 0.29) is 0 Å². The standard InChI is InChI=1S/C13H18Cl2N2/c14-9-13(15)11-17(8-4-7-16)10-12-5-2-1-3-6-12/h1-3,5-6,9H,4,7-8,10-11,16H2/b13-9-. The topological polar surface area (TPSA) is 29.3 Å². The van der Waals surface area contributed by atoms with E-state index in [4.69, 9.17) is 28.9 Å². The van der Waals surface area contributed by atoms with Crippen molar-refractivity contribution in [2.75, 3.05) is 19.6 Å². The van der Waals surface area contributed by atoms with Gasteiger partial charge in [-0.1, -0.05) is 53.5 Å². The van der Waals surface area contributed by atoms with Crippen molar-refractivity contribution in [2.24, 2.45) is 5.73 Å². The molecule has 0 aromatic heterocycles. The molecule has 1 rings (SSSR count). The Labute approximate surface area is 113 Å². The zero-order chi connectivity index (χ0) is 12.5. The van der Waals surface area contributed by atoms with Crippen molar-refractivity contribution in [3.8, 4) is 0 Å². The summed E-state index contributed by atoms with van der Waals surface area (Å²) in [6, 6.07) is 10.3. The smallest absolute Gasteiger partial charge is 0.0434 e. The monoisotopic (exact) mass is 272 g/mol. The van der Waals surface area contributed by atoms with Gasteiger partial charge in [-0.3, -0.25) is 4.90 Å². The van der Waals surface area contributed by atoms with Crippen molar-refractivity contribution < 1.29 is 0 Å². The van der Waals surface area contributed by atoms with Gasteiger partial charge in [0.05, 0.1) is 0 Å². The van der Waals surface area contributed by atoms with E-state index in [1.54, 1.807) is 0 Å². The Hall–Kier alpha value is -0.540. The van der Waals surface area contributed by atoms with E-state index in [1.807, 2.05) is 18.2 Å². The third-order valence-electron chi connectivity index (χ3n) is 2.42. The Kier molecular flexibility index (Phi) is 7.29. The Bertz CT molecular complexity index is 339. The highest BCUT2D eigenvalue weighted by molar-refractivity contribution is 6.36. The second kappa shape index (κ2) is 8.54. The van der Waals surface area contributed by atoms with Crippen molar-refractivity contribution in [3.05, 3.63) is 46.5 Å². The van der Waals surface area contributed by atoms with Crippen molar-refractivity contribution in [2.45, 2.75) is 13.0 Å². The molecule has 94 valence electrons. The van der Waals surface area contributed by atoms with Crippen molar-refractivity contribution in [1.82, 2.24) is 4.90 Å². The second-order valence-corrected chi connectivity index (χ2v) is 4.60. The molecule has 0 aliphatic rings. The molecule has 0 saturated carbocycles. The SMILES string of the molecule is NCCCN(C/C(Cl)=C/Cl)Cc1ccccc1. The number of nitrogens with two attached hydrogens (primary N) is 1. The summed E-state index contributed by atoms with van der Waals surface area (Å²) in [6.45, 7) is 3.14. The zero-order valence-corrected chi connectivity index (χ0v) is 11.3. The summed E-state index contributed by atoms with van der Waals surface area (Å²) < 4.78 is 0. The van der Waals surface area contributed by atoms with Gasteiger partial charge in [-0.15, -0.1) is 0 Å². The molecule has 4 heteroatoms. The van der Waals surface area contributed by atoms with Crippen LogP contribution in [-0.4, -0.2) is 24.5 Å². The van der Waals surface area contributed by atoms with Crippen LogP contribution in [0.25, 0.3) is 0 Å². The summed E-state index contributed by atoms with van der Waals surface area (Å²) in [5.41, 5.74) is 8.22. The minimum atomic E-state index is 0.652. The number of rotatable bonds is 7. The molecule has 0 aliphatic carbocycles. The van der Waals surface area contributed by atoms with Crippen LogP contribution in [0.2, 0.25) is 0 Å². The zero-order valence-electron chi connectivity index (χ0n) is 9.78. The number of nitrogens with zero attached hydrogens (tertiary/aromatic N) is 1. The van der Waals surface area contributed by atoms with Gasteiger partial charge in [0, 0.05) is 30.2 Å². The lowest BCUT2D eigenvalue weighted by molar-refractivity contribution is 0.290. The van der Waals surface area contributed by atoms with Crippen LogP contribution in [-0.2, 0) is 6.54 Å². The Morgan fingerprint density at radius 3 is 2.59 bits per heavy atom. The average Bonchev–Trinajstić information content (AvgIpc) is 2.37. The molecule has 0 spiro atoms. The summed E-state index contributed by atoms with van der Waals surface area (Å²) in [4.78, 5) is 2.24. The van der Waals surface area contributed by atoms with Gasteiger partial charge in [-0.2, -0.15) is 0 Å². The van der Waals surface area contributed by atoms with Crippen LogP contribution in [0.4, 0.5) is 0 Å². The van der Waals surface area contributed by atoms with Gasteiger partial charge in [-0.05, 0) is 18.5 Å². The average molecular weight is 273 g/mol. The van der Waals surface area contributed by atoms with Crippen molar-refractivity contribution >= 4 is 23.2 Å². The molecule has 1 aromatic carbocycles. The van der Waals surface area contributed by atoms with Gasteiger partial charge in [0.25, 0.3) is 0 Å². The van der Waals surface area contributed by atoms with Gasteiger partial charge in [0.2, 0.25) is 0 Å². The van der Waals surface area contributed by atoms with Crippen molar-refractivity contribution in [1.29, 1.82) is 0 Å². The lowest BCUT2D eigenvalue weighted by Crippen LogP contribution is -2.27. The fraction of sp³-hybridized carbons (Fsp3) is 0.385. The van der Waals surface area contributed by atoms with E-state index in [1.165, 1.54) is 11.1 Å². The Morgan fingerprint density at radius 2 is 2.00 bits per heavy atom. The maximum atomic E-state index is 5.96. The lowest BCUT2D eigenvalue weighted by atomic mass is 10.2. The summed E-state index contributed by atoms with van der Waals surface area (Å²) >= 11 is 11.5. The normalized spacial score (nSPS) is 12.1. The van der Waals surface area contributed by atoms with Crippen LogP contribution in [0, 0.1) is 0 Å². The summed E-state index contributed by atoms with van der Waals surface area (Å²) in [5.74, 6) is 0. The molecule has 0 unspecified atom stereocenters. The molecule has 1 aromatic rings. The lowest BCUT2D eigenvalue weighted by Gasteiger charge is -2.21. The summed E-state index contributed by atoms with van der Waals surface area (Å²) in [5, 5.41) is 0.652. The van der Waals surface area contributed by atoms with E-state index in [2.05, 4.69) is 17.0 Å². The summed E-state index contributed by atoms with van der Waals surface area (Å²) in [6.07, 6.45) is 0.958. The van der Waals surface area contributed by atoms with Crippen LogP contribution < -0.4 is 5.73 Å². The van der Waals surface area contributed by atoms with Crippen LogP contribution in [0.3, 0.4) is 0 Å². The predicted molar refractivity (Wildman–Crippen MR) is 75.2 cm³/mol. The fourth-order valence-electron chi connectivity index (χ4n) is 1.62. The number of halogens is 2. The van der Waals surface area contributed by atoms with Gasteiger partial charge >= 0.3 is 0 Å². The molecule has 0 saturated heterocycles. The molecule has 0 heterocycles. The Balaban J connectivity index is 2.56. The molecule has 0 fully saturated rings. The number of hydrogen-bond donors (Lipinski definition) is 1. The quantitative estimate of drug-likeness (QED) is 0.826. The number of benzene rings is 1. The fourth-order valence-corrected chi connectivity index (χ4v) is 1.86. The summed E-state index contributed by atoms with van der Waals surface area (Å²) in [7, 11) is 0. The van der Waals surface area contributed by atoms with Gasteiger partial charge in [0.1, 0.15) is 0 Å². The highest BCUT2D eigenvalue weighted by atomic mass is 35.5. The van der Waals surface area contributed by atoms with Gasteiger partial charge in [-0.25, -0.2) is 0 Å². The third-order valence-corrected chi connectivity index (χ3v) is 3.02. The first kappa shape index (κ1) is 14.5. The van der Waals surface area contributed by atoms with E-state index in [0.717, 1.165) is 19.5 Å². The van der Waals surface area contributed by atoms with E-state index in [9.17, 15) is 0 Å².